The van der Waals surface area contributed by atoms with Gasteiger partial charge >= 0.3 is 0 Å². The molecule has 0 aliphatic heterocycles. The number of aliphatic hydroxyl groups excluding tert-OH is 1. The van der Waals surface area contributed by atoms with Gasteiger partial charge in [0.05, 0.1) is 18.6 Å². The molecule has 0 unspecified atom stereocenters. The number of aliphatic hydroxyl groups is 1. The Labute approximate surface area is 131 Å². The average Bonchev–Trinajstić information content (AvgIpc) is 2.84. The Morgan fingerprint density at radius 2 is 2.09 bits per heavy atom. The first-order valence-electron chi connectivity index (χ1n) is 8.16. The Bertz CT molecular complexity index is 675. The summed E-state index contributed by atoms with van der Waals surface area (Å²) in [5, 5.41) is 10.7. The molecule has 0 saturated heterocycles. The van der Waals surface area contributed by atoms with Crippen molar-refractivity contribution in [3.63, 3.8) is 0 Å². The van der Waals surface area contributed by atoms with E-state index in [1.807, 2.05) is 19.1 Å². The van der Waals surface area contributed by atoms with Gasteiger partial charge < -0.3 is 9.84 Å². The number of carbonyl (C=O) groups excluding carboxylic acids is 1. The molecule has 1 saturated carbocycles. The van der Waals surface area contributed by atoms with E-state index >= 15 is 0 Å². The molecule has 0 aromatic heterocycles. The number of methoxy groups -OCH3 is 1. The van der Waals surface area contributed by atoms with Crippen LogP contribution >= 0.6 is 0 Å². The fraction of sp³-hybridized carbons (Fsp3) is 0.526. The summed E-state index contributed by atoms with van der Waals surface area (Å²) in [6, 6.07) is 6.20. The molecule has 22 heavy (non-hydrogen) atoms. The van der Waals surface area contributed by atoms with E-state index in [0.29, 0.717) is 12.3 Å². The van der Waals surface area contributed by atoms with E-state index in [1.165, 1.54) is 16.7 Å². The van der Waals surface area contributed by atoms with Gasteiger partial charge in [-0.1, -0.05) is 12.1 Å². The second kappa shape index (κ2) is 4.69. The van der Waals surface area contributed by atoms with Crippen molar-refractivity contribution in [3.05, 3.63) is 35.4 Å². The van der Waals surface area contributed by atoms with Gasteiger partial charge in [0.25, 0.3) is 0 Å². The molecule has 4 rings (SSSR count). The van der Waals surface area contributed by atoms with Crippen molar-refractivity contribution in [2.24, 2.45) is 17.3 Å². The SMILES string of the molecule is COc1ccc2c(c1)CC[C@@H]1C2=C[C@H](O)[C@]2(C)C(=O)CC[C@@H]12. The molecular weight excluding hydrogens is 276 g/mol. The third-order valence-electron chi connectivity index (χ3n) is 6.24. The predicted molar refractivity (Wildman–Crippen MR) is 84.6 cm³/mol. The van der Waals surface area contributed by atoms with Crippen LogP contribution in [0.15, 0.2) is 24.3 Å². The average molecular weight is 298 g/mol. The second-order valence-electron chi connectivity index (χ2n) is 7.09. The van der Waals surface area contributed by atoms with E-state index in [9.17, 15) is 9.90 Å². The lowest BCUT2D eigenvalue weighted by Crippen LogP contribution is -2.47. The molecule has 1 N–H and O–H groups in total. The Morgan fingerprint density at radius 3 is 2.86 bits per heavy atom. The Hall–Kier alpha value is -1.61. The summed E-state index contributed by atoms with van der Waals surface area (Å²) in [4.78, 5) is 12.3. The molecule has 4 atom stereocenters. The van der Waals surface area contributed by atoms with Gasteiger partial charge in [0.2, 0.25) is 0 Å². The highest BCUT2D eigenvalue weighted by atomic mass is 16.5. The predicted octanol–water partition coefficient (Wildman–Crippen LogP) is 3.00. The number of carbonyl (C=O) groups is 1. The highest BCUT2D eigenvalue weighted by Gasteiger charge is 2.56. The molecule has 116 valence electrons. The van der Waals surface area contributed by atoms with E-state index in [2.05, 4.69) is 12.1 Å². The second-order valence-corrected chi connectivity index (χ2v) is 7.09. The van der Waals surface area contributed by atoms with Crippen molar-refractivity contribution in [1.82, 2.24) is 0 Å². The molecule has 3 nitrogen and oxygen atoms in total. The zero-order valence-corrected chi connectivity index (χ0v) is 13.1. The van der Waals surface area contributed by atoms with E-state index in [-0.39, 0.29) is 11.7 Å². The number of rotatable bonds is 1. The molecular formula is C19H22O3. The number of hydrogen-bond donors (Lipinski definition) is 1. The minimum atomic E-state index is -0.660. The Morgan fingerprint density at radius 1 is 1.27 bits per heavy atom. The van der Waals surface area contributed by atoms with Gasteiger partial charge in [0.15, 0.2) is 0 Å². The number of hydrogen-bond acceptors (Lipinski definition) is 3. The third-order valence-corrected chi connectivity index (χ3v) is 6.24. The lowest BCUT2D eigenvalue weighted by molar-refractivity contribution is -0.132. The fourth-order valence-electron chi connectivity index (χ4n) is 4.89. The smallest absolute Gasteiger partial charge is 0.141 e. The van der Waals surface area contributed by atoms with Crippen LogP contribution in [0.2, 0.25) is 0 Å². The number of Topliss-reactive ketones (excluding diaryl/α,β-unsaturated/α-hetero) is 1. The topological polar surface area (TPSA) is 46.5 Å². The maximum Gasteiger partial charge on any atom is 0.141 e. The van der Waals surface area contributed by atoms with Crippen molar-refractivity contribution in [2.75, 3.05) is 7.11 Å². The first kappa shape index (κ1) is 14.0. The van der Waals surface area contributed by atoms with Crippen LogP contribution in [0.4, 0.5) is 0 Å². The normalized spacial score (nSPS) is 36.2. The number of ketones is 1. The van der Waals surface area contributed by atoms with Gasteiger partial charge in [-0.25, -0.2) is 0 Å². The number of aryl methyl sites for hydroxylation is 1. The highest BCUT2D eigenvalue weighted by molar-refractivity contribution is 5.90. The first-order chi connectivity index (χ1) is 10.6. The van der Waals surface area contributed by atoms with E-state index in [4.69, 9.17) is 4.74 Å². The van der Waals surface area contributed by atoms with Crippen LogP contribution in [-0.2, 0) is 11.2 Å². The summed E-state index contributed by atoms with van der Waals surface area (Å²) in [5.41, 5.74) is 3.20. The number of allylic oxidation sites excluding steroid dienone is 1. The van der Waals surface area contributed by atoms with Crippen molar-refractivity contribution in [3.8, 4) is 5.75 Å². The lowest BCUT2D eigenvalue weighted by Gasteiger charge is -2.45. The van der Waals surface area contributed by atoms with Crippen LogP contribution in [0.5, 0.6) is 5.75 Å². The molecule has 0 heterocycles. The molecule has 0 radical (unpaired) electrons. The van der Waals surface area contributed by atoms with Crippen LogP contribution in [0.1, 0.15) is 37.3 Å². The standard InChI is InChI=1S/C19H22O3/c1-19-16(7-8-17(19)20)14-5-3-11-9-12(22-2)4-6-13(11)15(14)10-18(19)21/h4,6,9-10,14,16,18,21H,3,5,7-8H2,1-2H3/t14-,16+,18+,19+/m1/s1. The van der Waals surface area contributed by atoms with Crippen molar-refractivity contribution in [2.45, 2.75) is 38.7 Å². The zero-order valence-electron chi connectivity index (χ0n) is 13.1. The number of benzene rings is 1. The van der Waals surface area contributed by atoms with Crippen molar-refractivity contribution < 1.29 is 14.6 Å². The van der Waals surface area contributed by atoms with E-state index < -0.39 is 11.5 Å². The van der Waals surface area contributed by atoms with E-state index in [0.717, 1.165) is 25.0 Å². The van der Waals surface area contributed by atoms with Crippen LogP contribution in [0, 0.1) is 17.3 Å². The van der Waals surface area contributed by atoms with Gasteiger partial charge in [-0.2, -0.15) is 0 Å². The van der Waals surface area contributed by atoms with Crippen LogP contribution in [0.25, 0.3) is 5.57 Å². The highest BCUT2D eigenvalue weighted by Crippen LogP contribution is 2.57. The first-order valence-corrected chi connectivity index (χ1v) is 8.16. The van der Waals surface area contributed by atoms with Crippen LogP contribution < -0.4 is 4.74 Å². The third kappa shape index (κ3) is 1.69. The van der Waals surface area contributed by atoms with Gasteiger partial charge in [-0.15, -0.1) is 0 Å². The van der Waals surface area contributed by atoms with Gasteiger partial charge in [0.1, 0.15) is 11.5 Å². The van der Waals surface area contributed by atoms with Crippen molar-refractivity contribution >= 4 is 11.4 Å². The Balaban J connectivity index is 1.82. The molecule has 0 bridgehead atoms. The van der Waals surface area contributed by atoms with Crippen LogP contribution in [-0.4, -0.2) is 24.1 Å². The molecule has 0 amide bonds. The molecule has 1 fully saturated rings. The quantitative estimate of drug-likeness (QED) is 0.867. The Kier molecular flexibility index (Phi) is 2.99. The summed E-state index contributed by atoms with van der Waals surface area (Å²) < 4.78 is 5.32. The van der Waals surface area contributed by atoms with E-state index in [1.54, 1.807) is 7.11 Å². The summed E-state index contributed by atoms with van der Waals surface area (Å²) in [6.07, 6.45) is 4.91. The van der Waals surface area contributed by atoms with Gasteiger partial charge in [-0.05, 0) is 66.9 Å². The summed E-state index contributed by atoms with van der Waals surface area (Å²) in [5.74, 6) is 1.81. The lowest BCUT2D eigenvalue weighted by atomic mass is 9.59. The van der Waals surface area contributed by atoms with Crippen LogP contribution in [0.3, 0.4) is 0 Å². The molecule has 3 aliphatic carbocycles. The maximum atomic E-state index is 12.3. The summed E-state index contributed by atoms with van der Waals surface area (Å²) in [7, 11) is 1.69. The van der Waals surface area contributed by atoms with Gasteiger partial charge in [0, 0.05) is 6.42 Å². The molecule has 1 aromatic carbocycles. The number of fused-ring (bicyclic) bond motifs is 5. The number of ether oxygens (including phenoxy) is 1. The minimum Gasteiger partial charge on any atom is -0.497 e. The molecule has 3 aliphatic rings. The maximum absolute atomic E-state index is 12.3. The molecule has 0 spiro atoms. The fourth-order valence-corrected chi connectivity index (χ4v) is 4.89. The molecule has 3 heteroatoms. The minimum absolute atomic E-state index is 0.237. The van der Waals surface area contributed by atoms with Gasteiger partial charge in [-0.3, -0.25) is 4.79 Å². The summed E-state index contributed by atoms with van der Waals surface area (Å²) >= 11 is 0. The monoisotopic (exact) mass is 298 g/mol. The largest absolute Gasteiger partial charge is 0.497 e. The molecule has 1 aromatic rings. The zero-order chi connectivity index (χ0) is 15.5. The summed E-state index contributed by atoms with van der Waals surface area (Å²) in [6.45, 7) is 1.97. The van der Waals surface area contributed by atoms with Crippen molar-refractivity contribution in [1.29, 1.82) is 0 Å².